The number of para-hydroxylation sites is 3. The van der Waals surface area contributed by atoms with E-state index in [4.69, 9.17) is 21.1 Å². The summed E-state index contributed by atoms with van der Waals surface area (Å²) in [5, 5.41) is 3.41. The Kier molecular flexibility index (Phi) is 5.64. The predicted octanol–water partition coefficient (Wildman–Crippen LogP) is 4.75. The molecule has 4 rings (SSSR count). The normalized spacial score (nSPS) is 13.6. The Morgan fingerprint density at radius 1 is 0.806 bits per heavy atom. The minimum absolute atomic E-state index is 0.139. The number of ether oxygens (including phenoxy) is 2. The zero-order valence-electron chi connectivity index (χ0n) is 16.9. The van der Waals surface area contributed by atoms with E-state index in [1.54, 1.807) is 67.8 Å². The minimum Gasteiger partial charge on any atom is -0.497 e. The highest BCUT2D eigenvalue weighted by Crippen LogP contribution is 2.38. The summed E-state index contributed by atoms with van der Waals surface area (Å²) in [5.41, 5.74) is 1.83. The molecule has 1 aliphatic heterocycles. The summed E-state index contributed by atoms with van der Waals surface area (Å²) in [6.45, 7) is 0. The SMILES string of the molecule is COc1ccc(C2=C(Nc3ccccc3OC)C(=O)N(c3ccccc3Cl)C2=O)cc1. The fraction of sp³-hybridized carbons (Fsp3) is 0.0833. The van der Waals surface area contributed by atoms with Crippen molar-refractivity contribution in [3.8, 4) is 11.5 Å². The van der Waals surface area contributed by atoms with Crippen LogP contribution in [0.5, 0.6) is 11.5 Å². The molecule has 0 radical (unpaired) electrons. The number of hydrogen-bond donors (Lipinski definition) is 1. The van der Waals surface area contributed by atoms with Crippen LogP contribution in [0, 0.1) is 0 Å². The number of nitrogens with zero attached hydrogens (tertiary/aromatic N) is 1. The van der Waals surface area contributed by atoms with Crippen molar-refractivity contribution in [2.75, 3.05) is 24.4 Å². The Labute approximate surface area is 184 Å². The van der Waals surface area contributed by atoms with Gasteiger partial charge in [-0.2, -0.15) is 0 Å². The zero-order chi connectivity index (χ0) is 22.0. The lowest BCUT2D eigenvalue weighted by Crippen LogP contribution is -2.32. The van der Waals surface area contributed by atoms with Crippen LogP contribution in [0.15, 0.2) is 78.5 Å². The van der Waals surface area contributed by atoms with Gasteiger partial charge in [0, 0.05) is 0 Å². The number of imide groups is 1. The molecular weight excluding hydrogens is 416 g/mol. The fourth-order valence-electron chi connectivity index (χ4n) is 3.41. The van der Waals surface area contributed by atoms with E-state index >= 15 is 0 Å². The third-order valence-electron chi connectivity index (χ3n) is 4.92. The Morgan fingerprint density at radius 3 is 2.16 bits per heavy atom. The first kappa shape index (κ1) is 20.5. The maximum absolute atomic E-state index is 13.5. The van der Waals surface area contributed by atoms with Crippen molar-refractivity contribution in [3.63, 3.8) is 0 Å². The molecular formula is C24H19ClN2O4. The summed E-state index contributed by atoms with van der Waals surface area (Å²) in [6.07, 6.45) is 0. The van der Waals surface area contributed by atoms with Crippen molar-refractivity contribution in [1.29, 1.82) is 0 Å². The molecule has 1 heterocycles. The van der Waals surface area contributed by atoms with Gasteiger partial charge in [0.05, 0.1) is 36.2 Å². The number of benzene rings is 3. The van der Waals surface area contributed by atoms with Gasteiger partial charge in [0.1, 0.15) is 17.2 Å². The number of rotatable bonds is 6. The largest absolute Gasteiger partial charge is 0.497 e. The van der Waals surface area contributed by atoms with Gasteiger partial charge in [-0.1, -0.05) is 48.0 Å². The molecule has 3 aromatic rings. The molecule has 6 nitrogen and oxygen atoms in total. The highest BCUT2D eigenvalue weighted by atomic mass is 35.5. The van der Waals surface area contributed by atoms with E-state index in [0.717, 1.165) is 4.90 Å². The van der Waals surface area contributed by atoms with Gasteiger partial charge < -0.3 is 14.8 Å². The molecule has 0 aliphatic carbocycles. The van der Waals surface area contributed by atoms with Crippen molar-refractivity contribution in [1.82, 2.24) is 0 Å². The van der Waals surface area contributed by atoms with Gasteiger partial charge in [-0.3, -0.25) is 9.59 Å². The average Bonchev–Trinajstić information content (AvgIpc) is 3.04. The van der Waals surface area contributed by atoms with Gasteiger partial charge in [0.25, 0.3) is 11.8 Å². The molecule has 0 fully saturated rings. The lowest BCUT2D eigenvalue weighted by molar-refractivity contribution is -0.120. The van der Waals surface area contributed by atoms with E-state index in [9.17, 15) is 9.59 Å². The van der Waals surface area contributed by atoms with E-state index in [0.29, 0.717) is 33.5 Å². The van der Waals surface area contributed by atoms with Crippen LogP contribution >= 0.6 is 11.6 Å². The quantitative estimate of drug-likeness (QED) is 0.567. The Morgan fingerprint density at radius 2 is 1.48 bits per heavy atom. The second kappa shape index (κ2) is 8.53. The van der Waals surface area contributed by atoms with Gasteiger partial charge in [0.2, 0.25) is 0 Å². The van der Waals surface area contributed by atoms with Crippen LogP contribution in [-0.4, -0.2) is 26.0 Å². The van der Waals surface area contributed by atoms with E-state index in [1.165, 1.54) is 7.11 Å². The van der Waals surface area contributed by atoms with Gasteiger partial charge in [0.15, 0.2) is 0 Å². The molecule has 31 heavy (non-hydrogen) atoms. The summed E-state index contributed by atoms with van der Waals surface area (Å²) >= 11 is 6.30. The lowest BCUT2D eigenvalue weighted by atomic mass is 10.0. The monoisotopic (exact) mass is 434 g/mol. The molecule has 0 saturated heterocycles. The highest BCUT2D eigenvalue weighted by Gasteiger charge is 2.41. The summed E-state index contributed by atoms with van der Waals surface area (Å²) in [5.74, 6) is 0.208. The number of carbonyl (C=O) groups excluding carboxylic acids is 2. The van der Waals surface area contributed by atoms with E-state index in [2.05, 4.69) is 5.32 Å². The van der Waals surface area contributed by atoms with E-state index < -0.39 is 11.8 Å². The molecule has 0 bridgehead atoms. The number of methoxy groups -OCH3 is 2. The number of anilines is 2. The molecule has 1 aliphatic rings. The molecule has 0 atom stereocenters. The Bertz CT molecular complexity index is 1190. The lowest BCUT2D eigenvalue weighted by Gasteiger charge is -2.17. The topological polar surface area (TPSA) is 67.9 Å². The molecule has 7 heteroatoms. The third kappa shape index (κ3) is 3.73. The molecule has 2 amide bonds. The van der Waals surface area contributed by atoms with Crippen molar-refractivity contribution in [2.24, 2.45) is 0 Å². The number of carbonyl (C=O) groups is 2. The Hall–Kier alpha value is -3.77. The van der Waals surface area contributed by atoms with Gasteiger partial charge in [-0.25, -0.2) is 4.90 Å². The van der Waals surface area contributed by atoms with E-state index in [1.807, 2.05) is 12.1 Å². The number of amides is 2. The van der Waals surface area contributed by atoms with Crippen LogP contribution in [0.2, 0.25) is 5.02 Å². The third-order valence-corrected chi connectivity index (χ3v) is 5.24. The molecule has 3 aromatic carbocycles. The second-order valence-electron chi connectivity index (χ2n) is 6.70. The van der Waals surface area contributed by atoms with Gasteiger partial charge >= 0.3 is 0 Å². The molecule has 1 N–H and O–H groups in total. The van der Waals surface area contributed by atoms with Crippen LogP contribution in [0.4, 0.5) is 11.4 Å². The fourth-order valence-corrected chi connectivity index (χ4v) is 3.63. The molecule has 0 unspecified atom stereocenters. The number of halogens is 1. The van der Waals surface area contributed by atoms with Gasteiger partial charge in [-0.15, -0.1) is 0 Å². The van der Waals surface area contributed by atoms with Crippen molar-refractivity contribution < 1.29 is 19.1 Å². The molecule has 156 valence electrons. The maximum Gasteiger partial charge on any atom is 0.282 e. The summed E-state index contributed by atoms with van der Waals surface area (Å²) in [4.78, 5) is 28.0. The molecule has 0 spiro atoms. The minimum atomic E-state index is -0.505. The van der Waals surface area contributed by atoms with Crippen LogP contribution in [0.3, 0.4) is 0 Å². The van der Waals surface area contributed by atoms with E-state index in [-0.39, 0.29) is 11.3 Å². The van der Waals surface area contributed by atoms with Crippen molar-refractivity contribution in [3.05, 3.63) is 89.1 Å². The second-order valence-corrected chi connectivity index (χ2v) is 7.11. The maximum atomic E-state index is 13.5. The first-order chi connectivity index (χ1) is 15.0. The highest BCUT2D eigenvalue weighted by molar-refractivity contribution is 6.48. The summed E-state index contributed by atoms with van der Waals surface area (Å²) < 4.78 is 10.6. The number of nitrogens with one attached hydrogen (secondary N) is 1. The first-order valence-electron chi connectivity index (χ1n) is 9.47. The van der Waals surface area contributed by atoms with Crippen LogP contribution in [0.1, 0.15) is 5.56 Å². The predicted molar refractivity (Wildman–Crippen MR) is 120 cm³/mol. The van der Waals surface area contributed by atoms with Crippen LogP contribution < -0.4 is 19.7 Å². The van der Waals surface area contributed by atoms with Crippen LogP contribution in [0.25, 0.3) is 5.57 Å². The smallest absolute Gasteiger partial charge is 0.282 e. The first-order valence-corrected chi connectivity index (χ1v) is 9.85. The van der Waals surface area contributed by atoms with Gasteiger partial charge in [-0.05, 0) is 42.0 Å². The Balaban J connectivity index is 1.85. The van der Waals surface area contributed by atoms with Crippen molar-refractivity contribution >= 4 is 40.4 Å². The van der Waals surface area contributed by atoms with Crippen molar-refractivity contribution in [2.45, 2.75) is 0 Å². The van der Waals surface area contributed by atoms with Crippen LogP contribution in [-0.2, 0) is 9.59 Å². The summed E-state index contributed by atoms with van der Waals surface area (Å²) in [6, 6.07) is 20.8. The molecule has 0 saturated carbocycles. The molecule has 0 aromatic heterocycles. The summed E-state index contributed by atoms with van der Waals surface area (Å²) in [7, 11) is 3.10. The standard InChI is InChI=1S/C24H19ClN2O4/c1-30-16-13-11-15(12-14-16)21-22(26-18-8-4-6-10-20(18)31-2)24(29)27(23(21)28)19-9-5-3-7-17(19)25/h3-14,26H,1-2H3. The number of hydrogen-bond acceptors (Lipinski definition) is 5. The average molecular weight is 435 g/mol. The zero-order valence-corrected chi connectivity index (χ0v) is 17.6.